The molecule has 4 heterocycles. The van der Waals surface area contributed by atoms with Crippen LogP contribution in [0.5, 0.6) is 0 Å². The third kappa shape index (κ3) is 4.87. The molecule has 4 aromatic rings. The molecule has 0 saturated carbocycles. The lowest BCUT2D eigenvalue weighted by atomic mass is 10.1. The van der Waals surface area contributed by atoms with Gasteiger partial charge in [0, 0.05) is 42.6 Å². The summed E-state index contributed by atoms with van der Waals surface area (Å²) in [4.78, 5) is 24.6. The highest BCUT2D eigenvalue weighted by Gasteiger charge is 2.15. The smallest absolute Gasteiger partial charge is 0.227 e. The Morgan fingerprint density at radius 3 is 2.72 bits per heavy atom. The molecule has 1 amide bonds. The number of thiophene rings is 1. The molecule has 0 radical (unpaired) electrons. The highest BCUT2D eigenvalue weighted by Crippen LogP contribution is 2.28. The number of anilines is 2. The summed E-state index contributed by atoms with van der Waals surface area (Å²) < 4.78 is 10.7. The van der Waals surface area contributed by atoms with Crippen LogP contribution in [0.2, 0.25) is 0 Å². The number of hydrogen-bond acceptors (Lipinski definition) is 9. The molecule has 3 aromatic heterocycles. The molecule has 164 valence electrons. The maximum atomic E-state index is 12.3. The Kier molecular flexibility index (Phi) is 6.24. The van der Waals surface area contributed by atoms with Crippen molar-refractivity contribution < 1.29 is 14.1 Å². The Hall–Kier alpha value is -3.08. The number of ether oxygens (including phenoxy) is 1. The van der Waals surface area contributed by atoms with Gasteiger partial charge in [-0.15, -0.1) is 22.7 Å². The van der Waals surface area contributed by atoms with Gasteiger partial charge in [-0.25, -0.2) is 4.98 Å². The van der Waals surface area contributed by atoms with Gasteiger partial charge in [-0.3, -0.25) is 4.79 Å². The fourth-order valence-electron chi connectivity index (χ4n) is 3.33. The maximum absolute atomic E-state index is 12.3. The van der Waals surface area contributed by atoms with E-state index in [-0.39, 0.29) is 12.3 Å². The standard InChI is InChI=1S/C22H21N5O3S2/c28-19(7-8-20-25-21(26-30-20)18-2-1-13-31-18)23-16-5-3-15(4-6-16)17-14-32-22(24-17)27-9-11-29-12-10-27/h1-6,13-14H,7-12H2,(H,23,28). The van der Waals surface area contributed by atoms with Gasteiger partial charge in [-0.1, -0.05) is 23.4 Å². The van der Waals surface area contributed by atoms with Gasteiger partial charge in [0.25, 0.3) is 0 Å². The molecule has 1 aliphatic heterocycles. The van der Waals surface area contributed by atoms with Crippen LogP contribution in [0.1, 0.15) is 12.3 Å². The minimum atomic E-state index is -0.100. The van der Waals surface area contributed by atoms with E-state index in [0.29, 0.717) is 18.1 Å². The van der Waals surface area contributed by atoms with Crippen molar-refractivity contribution in [3.63, 3.8) is 0 Å². The van der Waals surface area contributed by atoms with Gasteiger partial charge in [-0.05, 0) is 23.6 Å². The molecule has 5 rings (SSSR count). The lowest BCUT2D eigenvalue weighted by Crippen LogP contribution is -2.36. The van der Waals surface area contributed by atoms with Crippen LogP contribution in [0.4, 0.5) is 10.8 Å². The molecule has 0 aliphatic carbocycles. The first-order valence-electron chi connectivity index (χ1n) is 10.3. The lowest BCUT2D eigenvalue weighted by molar-refractivity contribution is -0.116. The third-order valence-electron chi connectivity index (χ3n) is 5.01. The Bertz CT molecular complexity index is 1160. The summed E-state index contributed by atoms with van der Waals surface area (Å²) in [5.41, 5.74) is 2.70. The Labute approximate surface area is 192 Å². The van der Waals surface area contributed by atoms with E-state index in [4.69, 9.17) is 14.2 Å². The fraction of sp³-hybridized carbons (Fsp3) is 0.273. The quantitative estimate of drug-likeness (QED) is 0.432. The Balaban J connectivity index is 1.14. The molecule has 0 atom stereocenters. The van der Waals surface area contributed by atoms with E-state index in [9.17, 15) is 4.79 Å². The van der Waals surface area contributed by atoms with Crippen LogP contribution in [0.25, 0.3) is 22.0 Å². The average Bonchev–Trinajstić information content (AvgIpc) is 3.60. The predicted molar refractivity (Wildman–Crippen MR) is 125 cm³/mol. The predicted octanol–water partition coefficient (Wildman–Crippen LogP) is 4.33. The zero-order valence-corrected chi connectivity index (χ0v) is 18.8. The zero-order valence-electron chi connectivity index (χ0n) is 17.2. The van der Waals surface area contributed by atoms with Gasteiger partial charge < -0.3 is 19.5 Å². The van der Waals surface area contributed by atoms with Crippen molar-refractivity contribution in [2.75, 3.05) is 36.5 Å². The first kappa shape index (κ1) is 20.8. The molecule has 32 heavy (non-hydrogen) atoms. The molecule has 8 nitrogen and oxygen atoms in total. The van der Waals surface area contributed by atoms with Crippen molar-refractivity contribution in [1.29, 1.82) is 0 Å². The topological polar surface area (TPSA) is 93.4 Å². The van der Waals surface area contributed by atoms with Crippen molar-refractivity contribution in [1.82, 2.24) is 15.1 Å². The number of morpholine rings is 1. The maximum Gasteiger partial charge on any atom is 0.227 e. The van der Waals surface area contributed by atoms with E-state index in [0.717, 1.165) is 53.3 Å². The van der Waals surface area contributed by atoms with Crippen molar-refractivity contribution >= 4 is 39.4 Å². The second-order valence-corrected chi connectivity index (χ2v) is 9.01. The molecule has 0 bridgehead atoms. The number of nitrogens with one attached hydrogen (secondary N) is 1. The van der Waals surface area contributed by atoms with Crippen LogP contribution in [0, 0.1) is 0 Å². The summed E-state index contributed by atoms with van der Waals surface area (Å²) in [6.07, 6.45) is 0.661. The van der Waals surface area contributed by atoms with Gasteiger partial charge in [0.15, 0.2) is 5.13 Å². The van der Waals surface area contributed by atoms with E-state index < -0.39 is 0 Å². The van der Waals surface area contributed by atoms with Crippen molar-refractivity contribution in [3.05, 3.63) is 53.0 Å². The largest absolute Gasteiger partial charge is 0.378 e. The minimum absolute atomic E-state index is 0.100. The second-order valence-electron chi connectivity index (χ2n) is 7.23. The van der Waals surface area contributed by atoms with Crippen LogP contribution in [-0.2, 0) is 16.0 Å². The summed E-state index contributed by atoms with van der Waals surface area (Å²) in [5, 5.41) is 11.9. The van der Waals surface area contributed by atoms with E-state index in [1.165, 1.54) is 0 Å². The van der Waals surface area contributed by atoms with Gasteiger partial charge >= 0.3 is 0 Å². The van der Waals surface area contributed by atoms with Crippen LogP contribution in [0.15, 0.2) is 51.7 Å². The minimum Gasteiger partial charge on any atom is -0.378 e. The Morgan fingerprint density at radius 1 is 1.09 bits per heavy atom. The number of nitrogens with zero attached hydrogens (tertiary/aromatic N) is 4. The molecule has 0 spiro atoms. The van der Waals surface area contributed by atoms with Crippen LogP contribution < -0.4 is 10.2 Å². The molecule has 1 aromatic carbocycles. The number of carbonyl (C=O) groups is 1. The van der Waals surface area contributed by atoms with E-state index in [2.05, 4.69) is 25.7 Å². The molecule has 0 unspecified atom stereocenters. The molecule has 1 fully saturated rings. The number of aryl methyl sites for hydroxylation is 1. The first-order chi connectivity index (χ1) is 15.7. The summed E-state index contributed by atoms with van der Waals surface area (Å²) in [5.74, 6) is 0.917. The molecule has 1 N–H and O–H groups in total. The molecular formula is C22H21N5O3S2. The highest BCUT2D eigenvalue weighted by molar-refractivity contribution is 7.14. The molecule has 1 saturated heterocycles. The van der Waals surface area contributed by atoms with Crippen molar-refractivity contribution in [2.24, 2.45) is 0 Å². The van der Waals surface area contributed by atoms with E-state index in [1.807, 2.05) is 41.8 Å². The summed E-state index contributed by atoms with van der Waals surface area (Å²) in [6.45, 7) is 3.23. The zero-order chi connectivity index (χ0) is 21.8. The number of thiazole rings is 1. The van der Waals surface area contributed by atoms with E-state index >= 15 is 0 Å². The highest BCUT2D eigenvalue weighted by atomic mass is 32.1. The molecule has 10 heteroatoms. The Morgan fingerprint density at radius 2 is 1.94 bits per heavy atom. The molecular weight excluding hydrogens is 446 g/mol. The van der Waals surface area contributed by atoms with Gasteiger partial charge in [0.05, 0.1) is 23.8 Å². The van der Waals surface area contributed by atoms with Crippen molar-refractivity contribution in [2.45, 2.75) is 12.8 Å². The summed E-state index contributed by atoms with van der Waals surface area (Å²) in [7, 11) is 0. The van der Waals surface area contributed by atoms with Gasteiger partial charge in [0.2, 0.25) is 17.6 Å². The number of carbonyl (C=O) groups excluding carboxylic acids is 1. The number of hydrogen-bond donors (Lipinski definition) is 1. The second kappa shape index (κ2) is 9.60. The van der Waals surface area contributed by atoms with E-state index in [1.54, 1.807) is 22.7 Å². The lowest BCUT2D eigenvalue weighted by Gasteiger charge is -2.26. The summed E-state index contributed by atoms with van der Waals surface area (Å²) >= 11 is 3.19. The molecule has 1 aliphatic rings. The number of amides is 1. The monoisotopic (exact) mass is 467 g/mol. The van der Waals surface area contributed by atoms with Crippen LogP contribution >= 0.6 is 22.7 Å². The van der Waals surface area contributed by atoms with Gasteiger partial charge in [0.1, 0.15) is 0 Å². The van der Waals surface area contributed by atoms with Crippen LogP contribution in [0.3, 0.4) is 0 Å². The number of benzene rings is 1. The number of rotatable bonds is 7. The van der Waals surface area contributed by atoms with Gasteiger partial charge in [-0.2, -0.15) is 4.98 Å². The average molecular weight is 468 g/mol. The number of aromatic nitrogens is 3. The third-order valence-corrected chi connectivity index (χ3v) is 6.78. The normalized spacial score (nSPS) is 13.9. The SMILES string of the molecule is O=C(CCc1nc(-c2cccs2)no1)Nc1ccc(-c2csc(N3CCOCC3)n2)cc1. The summed E-state index contributed by atoms with van der Waals surface area (Å²) in [6, 6.07) is 11.6. The van der Waals surface area contributed by atoms with Crippen molar-refractivity contribution in [3.8, 4) is 22.0 Å². The van der Waals surface area contributed by atoms with Crippen LogP contribution in [-0.4, -0.2) is 47.3 Å². The fourth-order valence-corrected chi connectivity index (χ4v) is 4.87. The first-order valence-corrected chi connectivity index (χ1v) is 12.1.